The summed E-state index contributed by atoms with van der Waals surface area (Å²) in [6.07, 6.45) is -0.0695. The van der Waals surface area contributed by atoms with Crippen LogP contribution in [0.15, 0.2) is 68.5 Å². The number of hydrogen-bond acceptors (Lipinski definition) is 7. The zero-order chi connectivity index (χ0) is 21.3. The zero-order valence-electron chi connectivity index (χ0n) is 16.0. The fourth-order valence-electron chi connectivity index (χ4n) is 3.51. The Bertz CT molecular complexity index is 1260. The number of phenols is 2. The summed E-state index contributed by atoms with van der Waals surface area (Å²) in [6, 6.07) is 13.3. The molecule has 0 aliphatic rings. The summed E-state index contributed by atoms with van der Waals surface area (Å²) in [5.74, 6) is -1.47. The molecular weight excluding hydrogens is 404 g/mol. The molecule has 0 aliphatic heterocycles. The van der Waals surface area contributed by atoms with Gasteiger partial charge in [0.1, 0.15) is 28.2 Å². The zero-order valence-corrected chi connectivity index (χ0v) is 16.8. The number of hydrogen-bond donors (Lipinski definition) is 2. The molecule has 0 fully saturated rings. The predicted octanol–water partition coefficient (Wildman–Crippen LogP) is 4.63. The van der Waals surface area contributed by atoms with Crippen molar-refractivity contribution in [3.8, 4) is 22.8 Å². The molecule has 0 radical (unpaired) electrons. The lowest BCUT2D eigenvalue weighted by atomic mass is 9.88. The molecule has 7 heteroatoms. The number of fused-ring (bicyclic) bond motifs is 1. The third kappa shape index (κ3) is 3.55. The Hall–Kier alpha value is -3.58. The van der Waals surface area contributed by atoms with Crippen LogP contribution in [0.2, 0.25) is 0 Å². The van der Waals surface area contributed by atoms with E-state index in [1.54, 1.807) is 12.1 Å². The smallest absolute Gasteiger partial charge is 0.306 e. The van der Waals surface area contributed by atoms with Gasteiger partial charge in [-0.15, -0.1) is 0 Å². The number of aromatic hydroxyl groups is 2. The molecule has 2 aromatic heterocycles. The summed E-state index contributed by atoms with van der Waals surface area (Å²) in [4.78, 5) is 25.0. The van der Waals surface area contributed by atoms with E-state index >= 15 is 0 Å². The molecule has 0 saturated heterocycles. The Morgan fingerprint density at radius 2 is 1.90 bits per heavy atom. The standard InChI is InChI=1S/C23H18O6S/c1-28-20(27)9-15(14-7-8-30-12-14)21-16(24)10-17(25)22-18(26)11-19(29-23(21)22)13-5-3-2-4-6-13/h2-8,10-12,15,24-25H,9H2,1H3. The second-order valence-electron chi connectivity index (χ2n) is 6.76. The Morgan fingerprint density at radius 1 is 1.13 bits per heavy atom. The minimum absolute atomic E-state index is 0.0407. The summed E-state index contributed by atoms with van der Waals surface area (Å²) in [5.41, 5.74) is 1.28. The normalized spacial score (nSPS) is 12.0. The lowest BCUT2D eigenvalue weighted by Gasteiger charge is -2.19. The minimum Gasteiger partial charge on any atom is -0.507 e. The van der Waals surface area contributed by atoms with Gasteiger partial charge < -0.3 is 19.4 Å². The van der Waals surface area contributed by atoms with Crippen molar-refractivity contribution in [2.24, 2.45) is 0 Å². The molecule has 0 aliphatic carbocycles. The van der Waals surface area contributed by atoms with E-state index in [1.165, 1.54) is 24.5 Å². The fraction of sp³-hybridized carbons (Fsp3) is 0.130. The summed E-state index contributed by atoms with van der Waals surface area (Å²) >= 11 is 1.44. The predicted molar refractivity (Wildman–Crippen MR) is 114 cm³/mol. The van der Waals surface area contributed by atoms with Crippen molar-refractivity contribution in [3.05, 3.63) is 80.6 Å². The second kappa shape index (κ2) is 8.04. The van der Waals surface area contributed by atoms with Crippen molar-refractivity contribution in [1.82, 2.24) is 0 Å². The first-order chi connectivity index (χ1) is 14.5. The first kappa shape index (κ1) is 19.7. The van der Waals surface area contributed by atoms with E-state index in [2.05, 4.69) is 0 Å². The van der Waals surface area contributed by atoms with Crippen LogP contribution in [0.1, 0.15) is 23.5 Å². The summed E-state index contributed by atoms with van der Waals surface area (Å²) in [6.45, 7) is 0. The molecule has 2 N–H and O–H groups in total. The van der Waals surface area contributed by atoms with Crippen molar-refractivity contribution in [2.75, 3.05) is 7.11 Å². The van der Waals surface area contributed by atoms with Crippen molar-refractivity contribution in [3.63, 3.8) is 0 Å². The van der Waals surface area contributed by atoms with E-state index in [-0.39, 0.29) is 34.5 Å². The second-order valence-corrected chi connectivity index (χ2v) is 7.54. The van der Waals surface area contributed by atoms with E-state index in [1.807, 2.05) is 35.0 Å². The highest BCUT2D eigenvalue weighted by molar-refractivity contribution is 7.08. The number of phenolic OH excluding ortho intramolecular Hbond substituents is 2. The molecule has 2 aromatic carbocycles. The molecular formula is C23H18O6S. The molecule has 4 aromatic rings. The van der Waals surface area contributed by atoms with E-state index in [9.17, 15) is 19.8 Å². The van der Waals surface area contributed by atoms with E-state index in [4.69, 9.17) is 9.15 Å². The van der Waals surface area contributed by atoms with Crippen LogP contribution in [0.5, 0.6) is 11.5 Å². The number of thiophene rings is 1. The van der Waals surface area contributed by atoms with Gasteiger partial charge in [-0.3, -0.25) is 9.59 Å². The number of methoxy groups -OCH3 is 1. The largest absolute Gasteiger partial charge is 0.507 e. The highest BCUT2D eigenvalue weighted by Gasteiger charge is 2.28. The summed E-state index contributed by atoms with van der Waals surface area (Å²) < 4.78 is 10.9. The van der Waals surface area contributed by atoms with Gasteiger partial charge in [0.05, 0.1) is 13.5 Å². The topological polar surface area (TPSA) is 97.0 Å². The maximum atomic E-state index is 12.9. The third-order valence-electron chi connectivity index (χ3n) is 4.95. The average Bonchev–Trinajstić information content (AvgIpc) is 3.27. The lowest BCUT2D eigenvalue weighted by molar-refractivity contribution is -0.140. The van der Waals surface area contributed by atoms with Crippen LogP contribution in [0.25, 0.3) is 22.3 Å². The molecule has 0 bridgehead atoms. The Morgan fingerprint density at radius 3 is 2.57 bits per heavy atom. The number of benzene rings is 2. The van der Waals surface area contributed by atoms with E-state index in [0.717, 1.165) is 11.6 Å². The Balaban J connectivity index is 2.03. The van der Waals surface area contributed by atoms with Crippen molar-refractivity contribution >= 4 is 28.3 Å². The number of ether oxygens (including phenoxy) is 1. The van der Waals surface area contributed by atoms with Gasteiger partial charge in [0.15, 0.2) is 5.43 Å². The van der Waals surface area contributed by atoms with E-state index < -0.39 is 17.3 Å². The van der Waals surface area contributed by atoms with Gasteiger partial charge in [0.2, 0.25) is 0 Å². The van der Waals surface area contributed by atoms with Crippen LogP contribution in [-0.2, 0) is 9.53 Å². The average molecular weight is 422 g/mol. The maximum Gasteiger partial charge on any atom is 0.306 e. The molecule has 30 heavy (non-hydrogen) atoms. The maximum absolute atomic E-state index is 12.9. The third-order valence-corrected chi connectivity index (χ3v) is 5.65. The Labute approximate surface area is 175 Å². The number of esters is 1. The van der Waals surface area contributed by atoms with Crippen molar-refractivity contribution in [1.29, 1.82) is 0 Å². The van der Waals surface area contributed by atoms with Crippen LogP contribution < -0.4 is 5.43 Å². The number of rotatable bonds is 5. The molecule has 0 amide bonds. The lowest BCUT2D eigenvalue weighted by Crippen LogP contribution is -2.12. The number of carbonyl (C=O) groups excluding carboxylic acids is 1. The molecule has 152 valence electrons. The van der Waals surface area contributed by atoms with Crippen molar-refractivity contribution < 1.29 is 24.2 Å². The van der Waals surface area contributed by atoms with Gasteiger partial charge in [-0.05, 0) is 22.4 Å². The first-order valence-electron chi connectivity index (χ1n) is 9.16. The highest BCUT2D eigenvalue weighted by Crippen LogP contribution is 2.43. The molecule has 6 nitrogen and oxygen atoms in total. The summed E-state index contributed by atoms with van der Waals surface area (Å²) in [7, 11) is 1.29. The Kier molecular flexibility index (Phi) is 5.29. The number of carbonyl (C=O) groups is 1. The van der Waals surface area contributed by atoms with Crippen molar-refractivity contribution in [2.45, 2.75) is 12.3 Å². The quantitative estimate of drug-likeness (QED) is 0.455. The molecule has 0 saturated carbocycles. The fourth-order valence-corrected chi connectivity index (χ4v) is 4.23. The minimum atomic E-state index is -0.624. The van der Waals surface area contributed by atoms with Crippen LogP contribution in [0.4, 0.5) is 0 Å². The molecule has 0 spiro atoms. The van der Waals surface area contributed by atoms with Crippen LogP contribution in [0.3, 0.4) is 0 Å². The highest BCUT2D eigenvalue weighted by atomic mass is 32.1. The van der Waals surface area contributed by atoms with E-state index in [0.29, 0.717) is 11.3 Å². The van der Waals surface area contributed by atoms with Gasteiger partial charge in [-0.25, -0.2) is 0 Å². The molecule has 4 rings (SSSR count). The summed E-state index contributed by atoms with van der Waals surface area (Å²) in [5, 5.41) is 24.7. The van der Waals surface area contributed by atoms with Gasteiger partial charge >= 0.3 is 5.97 Å². The monoisotopic (exact) mass is 422 g/mol. The SMILES string of the molecule is COC(=O)CC(c1ccsc1)c1c(O)cc(O)c2c(=O)cc(-c3ccccc3)oc12. The van der Waals surface area contributed by atoms with Gasteiger partial charge in [-0.1, -0.05) is 30.3 Å². The van der Waals surface area contributed by atoms with Crippen LogP contribution in [-0.4, -0.2) is 23.3 Å². The van der Waals surface area contributed by atoms with Gasteiger partial charge in [0.25, 0.3) is 0 Å². The van der Waals surface area contributed by atoms with Crippen LogP contribution in [0, 0.1) is 0 Å². The first-order valence-corrected chi connectivity index (χ1v) is 10.1. The molecule has 2 heterocycles. The molecule has 1 unspecified atom stereocenters. The molecule has 1 atom stereocenters. The van der Waals surface area contributed by atoms with Crippen LogP contribution >= 0.6 is 11.3 Å². The van der Waals surface area contributed by atoms with Gasteiger partial charge in [-0.2, -0.15) is 11.3 Å². The van der Waals surface area contributed by atoms with Gasteiger partial charge in [0, 0.05) is 29.2 Å².